The average Bonchev–Trinajstić information content (AvgIpc) is 2.93. The van der Waals surface area contributed by atoms with E-state index in [0.717, 1.165) is 23.9 Å². The van der Waals surface area contributed by atoms with Crippen LogP contribution < -0.4 is 5.32 Å². The van der Waals surface area contributed by atoms with Gasteiger partial charge in [0.05, 0.1) is 17.2 Å². The van der Waals surface area contributed by atoms with Crippen LogP contribution in [0.2, 0.25) is 0 Å². The molecule has 0 fully saturated rings. The number of aryl methyl sites for hydroxylation is 2. The van der Waals surface area contributed by atoms with Crippen LogP contribution in [0, 0.1) is 0 Å². The van der Waals surface area contributed by atoms with Crippen molar-refractivity contribution < 1.29 is 0 Å². The van der Waals surface area contributed by atoms with Gasteiger partial charge < -0.3 is 5.32 Å². The molecule has 0 spiro atoms. The summed E-state index contributed by atoms with van der Waals surface area (Å²) in [6.45, 7) is 0. The average molecular weight is 281 g/mol. The minimum absolute atomic E-state index is 0.302. The summed E-state index contributed by atoms with van der Waals surface area (Å²) in [4.78, 5) is 8.69. The van der Waals surface area contributed by atoms with Crippen LogP contribution in [0.5, 0.6) is 0 Å². The Morgan fingerprint density at radius 3 is 2.71 bits per heavy atom. The van der Waals surface area contributed by atoms with Crippen molar-refractivity contribution in [1.82, 2.24) is 25.1 Å². The Morgan fingerprint density at radius 2 is 2.00 bits per heavy atom. The van der Waals surface area contributed by atoms with Gasteiger partial charge in [0.15, 0.2) is 0 Å². The van der Waals surface area contributed by atoms with Crippen LogP contribution in [0.15, 0.2) is 43.0 Å². The number of rotatable bonds is 5. The molecular formula is C16H19N5. The third-order valence-corrected chi connectivity index (χ3v) is 3.72. The molecule has 0 saturated heterocycles. The molecule has 0 aliphatic heterocycles. The number of benzene rings is 1. The van der Waals surface area contributed by atoms with Gasteiger partial charge in [0.2, 0.25) is 0 Å². The smallest absolute Gasteiger partial charge is 0.0890 e. The highest BCUT2D eigenvalue weighted by Crippen LogP contribution is 2.21. The number of fused-ring (bicyclic) bond motifs is 1. The van der Waals surface area contributed by atoms with E-state index < -0.39 is 0 Å². The van der Waals surface area contributed by atoms with Gasteiger partial charge in [-0.15, -0.1) is 0 Å². The minimum atomic E-state index is 0.302. The van der Waals surface area contributed by atoms with Gasteiger partial charge in [0.25, 0.3) is 0 Å². The molecular weight excluding hydrogens is 262 g/mol. The van der Waals surface area contributed by atoms with Crippen molar-refractivity contribution >= 4 is 11.0 Å². The van der Waals surface area contributed by atoms with Crippen molar-refractivity contribution in [3.63, 3.8) is 0 Å². The Morgan fingerprint density at radius 1 is 1.19 bits per heavy atom. The highest BCUT2D eigenvalue weighted by Gasteiger charge is 2.11. The fraction of sp³-hybridized carbons (Fsp3) is 0.312. The van der Waals surface area contributed by atoms with E-state index in [2.05, 4.69) is 38.7 Å². The van der Waals surface area contributed by atoms with Crippen LogP contribution in [0.25, 0.3) is 11.0 Å². The fourth-order valence-corrected chi connectivity index (χ4v) is 2.59. The van der Waals surface area contributed by atoms with Crippen LogP contribution in [0.1, 0.15) is 23.6 Å². The van der Waals surface area contributed by atoms with Crippen LogP contribution in [0.4, 0.5) is 0 Å². The topological polar surface area (TPSA) is 55.6 Å². The van der Waals surface area contributed by atoms with E-state index in [1.165, 1.54) is 11.1 Å². The van der Waals surface area contributed by atoms with Gasteiger partial charge in [-0.2, -0.15) is 5.10 Å². The summed E-state index contributed by atoms with van der Waals surface area (Å²) in [5.74, 6) is 0. The van der Waals surface area contributed by atoms with Crippen LogP contribution in [0.3, 0.4) is 0 Å². The molecule has 0 amide bonds. The second-order valence-electron chi connectivity index (χ2n) is 5.21. The monoisotopic (exact) mass is 281 g/mol. The summed E-state index contributed by atoms with van der Waals surface area (Å²) in [6, 6.07) is 6.58. The van der Waals surface area contributed by atoms with Crippen molar-refractivity contribution in [1.29, 1.82) is 0 Å². The molecule has 0 aliphatic rings. The highest BCUT2D eigenvalue weighted by atomic mass is 15.2. The predicted octanol–water partition coefficient (Wildman–Crippen LogP) is 2.26. The van der Waals surface area contributed by atoms with Crippen LogP contribution in [-0.4, -0.2) is 26.8 Å². The van der Waals surface area contributed by atoms with Gasteiger partial charge in [-0.05, 0) is 43.1 Å². The zero-order valence-electron chi connectivity index (χ0n) is 12.3. The van der Waals surface area contributed by atoms with E-state index in [-0.39, 0.29) is 0 Å². The molecule has 1 atom stereocenters. The van der Waals surface area contributed by atoms with Gasteiger partial charge in [0, 0.05) is 31.7 Å². The molecule has 5 heteroatoms. The molecule has 0 bridgehead atoms. The van der Waals surface area contributed by atoms with Crippen LogP contribution >= 0.6 is 0 Å². The maximum Gasteiger partial charge on any atom is 0.0890 e. The number of hydrogen-bond donors (Lipinski definition) is 1. The predicted molar refractivity (Wildman–Crippen MR) is 82.9 cm³/mol. The van der Waals surface area contributed by atoms with Gasteiger partial charge in [0.1, 0.15) is 0 Å². The molecule has 3 rings (SSSR count). The van der Waals surface area contributed by atoms with Crippen molar-refractivity contribution in [3.05, 3.63) is 54.1 Å². The molecule has 108 valence electrons. The quantitative estimate of drug-likeness (QED) is 0.779. The van der Waals surface area contributed by atoms with E-state index in [0.29, 0.717) is 6.04 Å². The van der Waals surface area contributed by atoms with Gasteiger partial charge in [-0.3, -0.25) is 14.6 Å². The number of aromatic nitrogens is 4. The summed E-state index contributed by atoms with van der Waals surface area (Å²) in [7, 11) is 3.94. The lowest BCUT2D eigenvalue weighted by atomic mass is 10.00. The normalized spacial score (nSPS) is 12.7. The van der Waals surface area contributed by atoms with E-state index in [1.807, 2.05) is 31.0 Å². The van der Waals surface area contributed by atoms with Gasteiger partial charge in [-0.25, -0.2) is 0 Å². The molecule has 3 aromatic rings. The lowest BCUT2D eigenvalue weighted by Crippen LogP contribution is -2.17. The standard InChI is InChI=1S/C16H19N5/c1-17-14(5-3-12-10-20-21(2)11-12)13-4-6-15-16(9-13)19-8-7-18-15/h4,6-11,14,17H,3,5H2,1-2H3. The molecule has 1 aromatic carbocycles. The van der Waals surface area contributed by atoms with E-state index in [9.17, 15) is 0 Å². The minimum Gasteiger partial charge on any atom is -0.313 e. The third-order valence-electron chi connectivity index (χ3n) is 3.72. The largest absolute Gasteiger partial charge is 0.313 e. The number of hydrogen-bond acceptors (Lipinski definition) is 4. The van der Waals surface area contributed by atoms with Crippen LogP contribution in [-0.2, 0) is 13.5 Å². The Bertz CT molecular complexity index is 734. The first-order valence-electron chi connectivity index (χ1n) is 7.12. The first-order valence-corrected chi connectivity index (χ1v) is 7.12. The maximum absolute atomic E-state index is 4.38. The second-order valence-corrected chi connectivity index (χ2v) is 5.21. The molecule has 5 nitrogen and oxygen atoms in total. The molecule has 21 heavy (non-hydrogen) atoms. The van der Waals surface area contributed by atoms with E-state index in [4.69, 9.17) is 0 Å². The zero-order valence-corrected chi connectivity index (χ0v) is 12.3. The Hall–Kier alpha value is -2.27. The van der Waals surface area contributed by atoms with Crippen molar-refractivity contribution in [2.45, 2.75) is 18.9 Å². The molecule has 0 aliphatic carbocycles. The molecule has 0 radical (unpaired) electrons. The molecule has 1 N–H and O–H groups in total. The lowest BCUT2D eigenvalue weighted by Gasteiger charge is -2.16. The summed E-state index contributed by atoms with van der Waals surface area (Å²) in [5, 5.41) is 7.60. The third kappa shape index (κ3) is 3.08. The molecule has 2 aromatic heterocycles. The maximum atomic E-state index is 4.38. The molecule has 2 heterocycles. The fourth-order valence-electron chi connectivity index (χ4n) is 2.59. The van der Waals surface area contributed by atoms with Gasteiger partial charge >= 0.3 is 0 Å². The first kappa shape index (κ1) is 13.7. The molecule has 0 saturated carbocycles. The van der Waals surface area contributed by atoms with E-state index in [1.54, 1.807) is 12.4 Å². The number of nitrogens with one attached hydrogen (secondary N) is 1. The Labute approximate surface area is 124 Å². The zero-order chi connectivity index (χ0) is 14.7. The first-order chi connectivity index (χ1) is 10.3. The summed E-state index contributed by atoms with van der Waals surface area (Å²) in [6.07, 6.45) is 9.47. The van der Waals surface area contributed by atoms with Gasteiger partial charge in [-0.1, -0.05) is 6.07 Å². The molecule has 1 unspecified atom stereocenters. The van der Waals surface area contributed by atoms with Crippen molar-refractivity contribution in [2.24, 2.45) is 7.05 Å². The van der Waals surface area contributed by atoms with Crippen molar-refractivity contribution in [3.8, 4) is 0 Å². The Kier molecular flexibility index (Phi) is 3.92. The van der Waals surface area contributed by atoms with Crippen molar-refractivity contribution in [2.75, 3.05) is 7.05 Å². The summed E-state index contributed by atoms with van der Waals surface area (Å²) >= 11 is 0. The Balaban J connectivity index is 1.77. The second kappa shape index (κ2) is 6.01. The number of nitrogens with zero attached hydrogens (tertiary/aromatic N) is 4. The lowest BCUT2D eigenvalue weighted by molar-refractivity contribution is 0.549. The summed E-state index contributed by atoms with van der Waals surface area (Å²) in [5.41, 5.74) is 4.38. The SMILES string of the molecule is CNC(CCc1cnn(C)c1)c1ccc2nccnc2c1. The highest BCUT2D eigenvalue weighted by molar-refractivity contribution is 5.74. The summed E-state index contributed by atoms with van der Waals surface area (Å²) < 4.78 is 1.84. The van der Waals surface area contributed by atoms with E-state index >= 15 is 0 Å².